The summed E-state index contributed by atoms with van der Waals surface area (Å²) >= 11 is 0. The van der Waals surface area contributed by atoms with Crippen LogP contribution in [0.3, 0.4) is 0 Å². The molecule has 0 amide bonds. The van der Waals surface area contributed by atoms with E-state index in [9.17, 15) is 36.2 Å². The van der Waals surface area contributed by atoms with E-state index in [4.69, 9.17) is 9.47 Å². The van der Waals surface area contributed by atoms with Crippen LogP contribution in [0.1, 0.15) is 39.2 Å². The third-order valence-corrected chi connectivity index (χ3v) is 6.35. The summed E-state index contributed by atoms with van der Waals surface area (Å²) in [5, 5.41) is 10.5. The molecule has 0 bridgehead atoms. The Morgan fingerprint density at radius 2 is 1.29 bits per heavy atom. The number of carboxylic acid groups (broad SMARTS) is 1. The molecule has 0 aliphatic carbocycles. The van der Waals surface area contributed by atoms with E-state index in [1.807, 2.05) is 0 Å². The van der Waals surface area contributed by atoms with Gasteiger partial charge in [-0.15, -0.1) is 0 Å². The van der Waals surface area contributed by atoms with Crippen molar-refractivity contribution in [1.82, 2.24) is 9.97 Å². The van der Waals surface area contributed by atoms with E-state index in [-0.39, 0.29) is 17.7 Å². The molecule has 220 valence electrons. The number of rotatable bonds is 9. The van der Waals surface area contributed by atoms with E-state index >= 15 is 0 Å². The highest BCUT2D eigenvalue weighted by atomic mass is 19.4. The van der Waals surface area contributed by atoms with Gasteiger partial charge in [0.1, 0.15) is 0 Å². The first-order chi connectivity index (χ1) is 19.7. The van der Waals surface area contributed by atoms with Crippen LogP contribution in [-0.4, -0.2) is 27.1 Å². The molecule has 1 heterocycles. The highest BCUT2D eigenvalue weighted by Gasteiger charge is 2.51. The normalized spacial score (nSPS) is 14.2. The van der Waals surface area contributed by atoms with Crippen LogP contribution in [0.25, 0.3) is 0 Å². The number of aliphatic carboxylic acids is 1. The van der Waals surface area contributed by atoms with Crippen molar-refractivity contribution in [3.8, 4) is 6.01 Å². The van der Waals surface area contributed by atoms with Gasteiger partial charge < -0.3 is 14.6 Å². The van der Waals surface area contributed by atoms with E-state index < -0.39 is 47.2 Å². The van der Waals surface area contributed by atoms with Gasteiger partial charge in [0.15, 0.2) is 5.60 Å². The largest absolute Gasteiger partial charge is 0.478 e. The lowest BCUT2D eigenvalue weighted by Crippen LogP contribution is -2.51. The molecule has 2 atom stereocenters. The molecule has 1 aromatic heterocycles. The maximum absolute atomic E-state index is 13.9. The van der Waals surface area contributed by atoms with Crippen molar-refractivity contribution in [3.05, 3.63) is 124 Å². The van der Waals surface area contributed by atoms with Crippen LogP contribution in [0.15, 0.2) is 84.9 Å². The molecule has 3 aromatic carbocycles. The molecule has 0 aliphatic heterocycles. The monoisotopic (exact) mass is 590 g/mol. The fourth-order valence-corrected chi connectivity index (χ4v) is 4.48. The molecule has 2 unspecified atom stereocenters. The first-order valence-corrected chi connectivity index (χ1v) is 12.5. The molecule has 0 saturated carbocycles. The number of halogens is 6. The Hall–Kier alpha value is -4.45. The van der Waals surface area contributed by atoms with E-state index in [0.29, 0.717) is 35.2 Å². The molecule has 0 fully saturated rings. The maximum Gasteiger partial charge on any atom is 0.416 e. The van der Waals surface area contributed by atoms with Gasteiger partial charge in [-0.2, -0.15) is 26.3 Å². The summed E-state index contributed by atoms with van der Waals surface area (Å²) in [7, 11) is 0. The Kier molecular flexibility index (Phi) is 8.58. The van der Waals surface area contributed by atoms with E-state index in [2.05, 4.69) is 9.97 Å². The molecule has 6 nitrogen and oxygen atoms in total. The molecule has 1 N–H and O–H groups in total. The number of ether oxygens (including phenoxy) is 2. The first kappa shape index (κ1) is 30.5. The molecule has 12 heteroatoms. The lowest BCUT2D eigenvalue weighted by molar-refractivity contribution is -0.166. The van der Waals surface area contributed by atoms with Crippen LogP contribution in [-0.2, 0) is 34.1 Å². The number of benzene rings is 3. The van der Waals surface area contributed by atoms with Crippen LogP contribution >= 0.6 is 0 Å². The first-order valence-electron chi connectivity index (χ1n) is 12.5. The summed E-state index contributed by atoms with van der Waals surface area (Å²) in [6.07, 6.45) is -11.7. The minimum absolute atomic E-state index is 0.206. The van der Waals surface area contributed by atoms with Gasteiger partial charge in [0.05, 0.1) is 17.7 Å². The second-order valence-corrected chi connectivity index (χ2v) is 9.43. The topological polar surface area (TPSA) is 81.5 Å². The SMILES string of the molecule is Cc1cc(C)nc(OC(C(=O)O)C(OCc2ccccc2)(c2ccc(C(F)(F)F)cc2)c2cccc(C(F)(F)F)c2)n1. The minimum atomic E-state index is -4.84. The Morgan fingerprint density at radius 1 is 0.738 bits per heavy atom. The molecule has 4 rings (SSSR count). The number of carboxylic acids is 1. The van der Waals surface area contributed by atoms with Crippen molar-refractivity contribution in [2.45, 2.75) is 44.5 Å². The summed E-state index contributed by atoms with van der Waals surface area (Å²) < 4.78 is 93.9. The number of nitrogens with zero attached hydrogens (tertiary/aromatic N) is 2. The van der Waals surface area contributed by atoms with E-state index in [1.165, 1.54) is 6.07 Å². The average Bonchev–Trinajstić information content (AvgIpc) is 2.92. The van der Waals surface area contributed by atoms with Crippen molar-refractivity contribution in [2.24, 2.45) is 0 Å². The van der Waals surface area contributed by atoms with Gasteiger partial charge in [-0.25, -0.2) is 14.8 Å². The van der Waals surface area contributed by atoms with Crippen molar-refractivity contribution >= 4 is 5.97 Å². The van der Waals surface area contributed by atoms with Gasteiger partial charge in [0.2, 0.25) is 6.10 Å². The standard InChI is InChI=1S/C30H24F6N2O4/c1-18-15-19(2)38-27(37-18)42-25(26(39)40)28(41-17-20-7-4-3-5-8-20,21-11-13-22(14-12-21)29(31,32)33)23-9-6-10-24(16-23)30(34,35)36/h3-16,25H,17H2,1-2H3,(H,39,40). The van der Waals surface area contributed by atoms with Crippen LogP contribution in [0.4, 0.5) is 26.3 Å². The Bertz CT molecular complexity index is 1520. The Morgan fingerprint density at radius 3 is 1.83 bits per heavy atom. The van der Waals surface area contributed by atoms with Crippen molar-refractivity contribution in [2.75, 3.05) is 0 Å². The summed E-state index contributed by atoms with van der Waals surface area (Å²) in [4.78, 5) is 21.1. The van der Waals surface area contributed by atoms with Gasteiger partial charge in [0.25, 0.3) is 0 Å². The second-order valence-electron chi connectivity index (χ2n) is 9.43. The van der Waals surface area contributed by atoms with Gasteiger partial charge in [-0.3, -0.25) is 0 Å². The smallest absolute Gasteiger partial charge is 0.416 e. The number of aryl methyl sites for hydroxylation is 2. The number of aromatic nitrogens is 2. The molecule has 0 spiro atoms. The lowest BCUT2D eigenvalue weighted by atomic mass is 9.80. The van der Waals surface area contributed by atoms with Crippen molar-refractivity contribution < 1.29 is 45.7 Å². The maximum atomic E-state index is 13.9. The van der Waals surface area contributed by atoms with Crippen molar-refractivity contribution in [3.63, 3.8) is 0 Å². The minimum Gasteiger partial charge on any atom is -0.478 e. The highest BCUT2D eigenvalue weighted by molar-refractivity contribution is 5.76. The van der Waals surface area contributed by atoms with Crippen LogP contribution in [0, 0.1) is 13.8 Å². The second kappa shape index (κ2) is 11.8. The number of hydrogen-bond acceptors (Lipinski definition) is 5. The van der Waals surface area contributed by atoms with Gasteiger partial charge in [0, 0.05) is 11.4 Å². The zero-order chi connectivity index (χ0) is 30.7. The fourth-order valence-electron chi connectivity index (χ4n) is 4.48. The summed E-state index contributed by atoms with van der Waals surface area (Å²) in [6.45, 7) is 2.84. The van der Waals surface area contributed by atoms with E-state index in [1.54, 1.807) is 50.2 Å². The fraction of sp³-hybridized carbons (Fsp3) is 0.233. The van der Waals surface area contributed by atoms with Crippen LogP contribution in [0.5, 0.6) is 6.01 Å². The predicted octanol–water partition coefficient (Wildman–Crippen LogP) is 7.12. The third-order valence-electron chi connectivity index (χ3n) is 6.35. The summed E-state index contributed by atoms with van der Waals surface area (Å²) in [5.41, 5.74) is -3.82. The molecule has 4 aromatic rings. The molecule has 0 radical (unpaired) electrons. The van der Waals surface area contributed by atoms with Crippen molar-refractivity contribution in [1.29, 1.82) is 0 Å². The summed E-state index contributed by atoms with van der Waals surface area (Å²) in [5.74, 6) is -1.69. The van der Waals surface area contributed by atoms with Gasteiger partial charge in [-0.05, 0) is 60.9 Å². The molecular formula is C30H24F6N2O4. The zero-order valence-electron chi connectivity index (χ0n) is 22.2. The van der Waals surface area contributed by atoms with Crippen LogP contribution in [0.2, 0.25) is 0 Å². The van der Waals surface area contributed by atoms with Crippen LogP contribution < -0.4 is 4.74 Å². The molecular weight excluding hydrogens is 566 g/mol. The van der Waals surface area contributed by atoms with Gasteiger partial charge >= 0.3 is 24.3 Å². The lowest BCUT2D eigenvalue weighted by Gasteiger charge is -2.39. The number of carbonyl (C=O) groups is 1. The number of hydrogen-bond donors (Lipinski definition) is 1. The predicted molar refractivity (Wildman–Crippen MR) is 138 cm³/mol. The highest BCUT2D eigenvalue weighted by Crippen LogP contribution is 2.43. The van der Waals surface area contributed by atoms with Gasteiger partial charge in [-0.1, -0.05) is 54.6 Å². The molecule has 0 saturated heterocycles. The quantitative estimate of drug-likeness (QED) is 0.209. The number of alkyl halides is 6. The average molecular weight is 591 g/mol. The Balaban J connectivity index is 2.02. The molecule has 0 aliphatic rings. The zero-order valence-corrected chi connectivity index (χ0v) is 22.2. The Labute approximate surface area is 236 Å². The summed E-state index contributed by atoms with van der Waals surface area (Å²) in [6, 6.07) is 16.5. The third kappa shape index (κ3) is 6.71. The van der Waals surface area contributed by atoms with E-state index in [0.717, 1.165) is 24.3 Å². The molecule has 42 heavy (non-hydrogen) atoms.